The molecule has 2 amide bonds. The summed E-state index contributed by atoms with van der Waals surface area (Å²) in [6, 6.07) is 3.35. The Bertz CT molecular complexity index is 882. The summed E-state index contributed by atoms with van der Waals surface area (Å²) in [6.07, 6.45) is 2.09. The van der Waals surface area contributed by atoms with Crippen LogP contribution >= 0.6 is 0 Å². The predicted octanol–water partition coefficient (Wildman–Crippen LogP) is 1.87. The summed E-state index contributed by atoms with van der Waals surface area (Å²) in [6.45, 7) is 9.73. The van der Waals surface area contributed by atoms with Crippen molar-refractivity contribution in [3.8, 4) is 5.75 Å². The van der Waals surface area contributed by atoms with Crippen LogP contribution in [0, 0.1) is 11.8 Å². The van der Waals surface area contributed by atoms with Crippen molar-refractivity contribution in [1.82, 2.24) is 15.5 Å². The highest BCUT2D eigenvalue weighted by atomic mass is 16.5. The number of amides is 2. The SMILES string of the molecule is CCCC1COCC(=O)[C@H]1NC(=O)[C@H](CC(C)C)NC(=O)c1ccc(O)c(CN2CCOCC2)c1. The molecule has 2 aliphatic heterocycles. The van der Waals surface area contributed by atoms with Gasteiger partial charge in [0.05, 0.1) is 25.9 Å². The molecular weight excluding hydrogens is 450 g/mol. The van der Waals surface area contributed by atoms with E-state index in [9.17, 15) is 19.5 Å². The van der Waals surface area contributed by atoms with Crippen LogP contribution in [-0.4, -0.2) is 79.2 Å². The Morgan fingerprint density at radius 1 is 1.20 bits per heavy atom. The van der Waals surface area contributed by atoms with Crippen LogP contribution in [0.1, 0.15) is 56.0 Å². The summed E-state index contributed by atoms with van der Waals surface area (Å²) >= 11 is 0. The molecule has 0 aromatic heterocycles. The molecule has 2 saturated heterocycles. The van der Waals surface area contributed by atoms with Crippen molar-refractivity contribution in [2.24, 2.45) is 11.8 Å². The minimum Gasteiger partial charge on any atom is -0.508 e. The molecule has 1 aromatic rings. The van der Waals surface area contributed by atoms with Crippen LogP contribution in [0.3, 0.4) is 0 Å². The molecule has 0 saturated carbocycles. The highest BCUT2D eigenvalue weighted by molar-refractivity contribution is 5.99. The molecule has 3 atom stereocenters. The van der Waals surface area contributed by atoms with Gasteiger partial charge in [0.15, 0.2) is 5.78 Å². The molecule has 1 unspecified atom stereocenters. The van der Waals surface area contributed by atoms with E-state index in [0.29, 0.717) is 43.9 Å². The van der Waals surface area contributed by atoms with Crippen LogP contribution in [0.4, 0.5) is 0 Å². The van der Waals surface area contributed by atoms with Crippen LogP contribution in [0.5, 0.6) is 5.75 Å². The number of nitrogens with zero attached hydrogens (tertiary/aromatic N) is 1. The number of phenolic OH excluding ortho intramolecular Hbond substituents is 1. The first-order valence-electron chi connectivity index (χ1n) is 12.6. The molecule has 2 heterocycles. The van der Waals surface area contributed by atoms with Gasteiger partial charge in [0.2, 0.25) is 5.91 Å². The zero-order valence-corrected chi connectivity index (χ0v) is 21.0. The number of benzene rings is 1. The van der Waals surface area contributed by atoms with E-state index < -0.39 is 18.0 Å². The third kappa shape index (κ3) is 7.75. The third-order valence-electron chi connectivity index (χ3n) is 6.52. The monoisotopic (exact) mass is 489 g/mol. The van der Waals surface area contributed by atoms with Crippen LogP contribution in [0.15, 0.2) is 18.2 Å². The predicted molar refractivity (Wildman–Crippen MR) is 131 cm³/mol. The van der Waals surface area contributed by atoms with Crippen molar-refractivity contribution in [1.29, 1.82) is 0 Å². The summed E-state index contributed by atoms with van der Waals surface area (Å²) in [5.74, 6) is -0.674. The van der Waals surface area contributed by atoms with Crippen molar-refractivity contribution in [3.63, 3.8) is 0 Å². The van der Waals surface area contributed by atoms with Gasteiger partial charge in [0.25, 0.3) is 5.91 Å². The lowest BCUT2D eigenvalue weighted by Gasteiger charge is -2.32. The number of carbonyl (C=O) groups is 3. The summed E-state index contributed by atoms with van der Waals surface area (Å²) in [5.41, 5.74) is 1.03. The fraction of sp³-hybridized carbons (Fsp3) is 0.654. The molecule has 9 nitrogen and oxygen atoms in total. The molecular formula is C26H39N3O6. The number of phenols is 1. The van der Waals surface area contributed by atoms with Gasteiger partial charge in [0, 0.05) is 36.7 Å². The second kappa shape index (κ2) is 13.0. The van der Waals surface area contributed by atoms with Crippen molar-refractivity contribution >= 4 is 17.6 Å². The van der Waals surface area contributed by atoms with Crippen LogP contribution in [0.2, 0.25) is 0 Å². The van der Waals surface area contributed by atoms with E-state index in [4.69, 9.17) is 9.47 Å². The first-order chi connectivity index (χ1) is 16.8. The minimum atomic E-state index is -0.781. The Hall–Kier alpha value is -2.49. The van der Waals surface area contributed by atoms with Gasteiger partial charge in [0.1, 0.15) is 18.4 Å². The molecule has 2 aliphatic rings. The van der Waals surface area contributed by atoms with Crippen LogP contribution < -0.4 is 10.6 Å². The normalized spacial score (nSPS) is 22.1. The van der Waals surface area contributed by atoms with E-state index in [2.05, 4.69) is 15.5 Å². The van der Waals surface area contributed by atoms with Crippen molar-refractivity contribution in [2.75, 3.05) is 39.5 Å². The zero-order valence-electron chi connectivity index (χ0n) is 21.0. The summed E-state index contributed by atoms with van der Waals surface area (Å²) < 4.78 is 10.8. The van der Waals surface area contributed by atoms with Gasteiger partial charge in [-0.15, -0.1) is 0 Å². The topological polar surface area (TPSA) is 117 Å². The number of aromatic hydroxyl groups is 1. The van der Waals surface area contributed by atoms with Crippen LogP contribution in [0.25, 0.3) is 0 Å². The van der Waals surface area contributed by atoms with Gasteiger partial charge >= 0.3 is 0 Å². The number of ether oxygens (including phenoxy) is 2. The van der Waals surface area contributed by atoms with E-state index in [0.717, 1.165) is 25.9 Å². The lowest BCUT2D eigenvalue weighted by molar-refractivity contribution is -0.138. The molecule has 0 aliphatic carbocycles. The number of carbonyl (C=O) groups excluding carboxylic acids is 3. The molecule has 1 aromatic carbocycles. The average Bonchev–Trinajstić information content (AvgIpc) is 2.82. The second-order valence-corrected chi connectivity index (χ2v) is 9.90. The number of morpholine rings is 1. The fourth-order valence-corrected chi connectivity index (χ4v) is 4.63. The Kier molecular flexibility index (Phi) is 10.1. The van der Waals surface area contributed by atoms with Gasteiger partial charge in [-0.1, -0.05) is 27.2 Å². The Labute approximate surface area is 207 Å². The lowest BCUT2D eigenvalue weighted by Crippen LogP contribution is -2.57. The number of rotatable bonds is 10. The van der Waals surface area contributed by atoms with E-state index in [1.807, 2.05) is 20.8 Å². The molecule has 35 heavy (non-hydrogen) atoms. The molecule has 0 spiro atoms. The number of hydrogen-bond acceptors (Lipinski definition) is 7. The quantitative estimate of drug-likeness (QED) is 0.459. The standard InChI is InChI=1S/C26H39N3O6/c1-4-5-19-15-35-16-23(31)24(19)28-26(33)21(12-17(2)3)27-25(32)18-6-7-22(30)20(13-18)14-29-8-10-34-11-9-29/h6-7,13,17,19,21,24,30H,4-5,8-12,14-16H2,1-3H3,(H,27,32)(H,28,33)/t19?,21-,24-/m0/s1. The van der Waals surface area contributed by atoms with Gasteiger partial charge in [-0.25, -0.2) is 0 Å². The van der Waals surface area contributed by atoms with Gasteiger partial charge < -0.3 is 25.2 Å². The second-order valence-electron chi connectivity index (χ2n) is 9.90. The van der Waals surface area contributed by atoms with Crippen LogP contribution in [-0.2, 0) is 25.6 Å². The maximum Gasteiger partial charge on any atom is 0.251 e. The van der Waals surface area contributed by atoms with Gasteiger partial charge in [-0.2, -0.15) is 0 Å². The Morgan fingerprint density at radius 2 is 1.94 bits per heavy atom. The number of hydrogen-bond donors (Lipinski definition) is 3. The minimum absolute atomic E-state index is 0.00814. The van der Waals surface area contributed by atoms with Crippen molar-refractivity contribution < 1.29 is 29.0 Å². The molecule has 0 bridgehead atoms. The highest BCUT2D eigenvalue weighted by Gasteiger charge is 2.35. The number of Topliss-reactive ketones (excluding diaryl/α,β-unsaturated/α-hetero) is 1. The van der Waals surface area contributed by atoms with Gasteiger partial charge in [-0.3, -0.25) is 19.3 Å². The van der Waals surface area contributed by atoms with E-state index in [-0.39, 0.29) is 35.9 Å². The maximum absolute atomic E-state index is 13.2. The fourth-order valence-electron chi connectivity index (χ4n) is 4.63. The lowest BCUT2D eigenvalue weighted by atomic mass is 9.90. The summed E-state index contributed by atoms with van der Waals surface area (Å²) in [7, 11) is 0. The molecule has 9 heteroatoms. The summed E-state index contributed by atoms with van der Waals surface area (Å²) in [4.78, 5) is 41.0. The molecule has 0 radical (unpaired) electrons. The number of nitrogens with one attached hydrogen (secondary N) is 2. The average molecular weight is 490 g/mol. The van der Waals surface area contributed by atoms with Crippen molar-refractivity contribution in [2.45, 2.75) is 58.7 Å². The first-order valence-corrected chi connectivity index (χ1v) is 12.6. The molecule has 3 N–H and O–H groups in total. The number of ketones is 1. The molecule has 2 fully saturated rings. The van der Waals surface area contributed by atoms with E-state index in [1.54, 1.807) is 12.1 Å². The zero-order chi connectivity index (χ0) is 25.4. The Morgan fingerprint density at radius 3 is 2.63 bits per heavy atom. The largest absolute Gasteiger partial charge is 0.508 e. The highest BCUT2D eigenvalue weighted by Crippen LogP contribution is 2.22. The van der Waals surface area contributed by atoms with Gasteiger partial charge in [-0.05, 0) is 37.0 Å². The third-order valence-corrected chi connectivity index (χ3v) is 6.52. The summed E-state index contributed by atoms with van der Waals surface area (Å²) in [5, 5.41) is 16.1. The smallest absolute Gasteiger partial charge is 0.251 e. The first kappa shape index (κ1) is 27.1. The molecule has 3 rings (SSSR count). The van der Waals surface area contributed by atoms with Crippen molar-refractivity contribution in [3.05, 3.63) is 29.3 Å². The maximum atomic E-state index is 13.2. The van der Waals surface area contributed by atoms with E-state index >= 15 is 0 Å². The Balaban J connectivity index is 1.70. The van der Waals surface area contributed by atoms with E-state index in [1.165, 1.54) is 6.07 Å². The molecule has 194 valence electrons.